The van der Waals surface area contributed by atoms with Crippen molar-refractivity contribution in [2.75, 3.05) is 0 Å². The Morgan fingerprint density at radius 3 is 2.50 bits per heavy atom. The van der Waals surface area contributed by atoms with Crippen LogP contribution >= 0.6 is 0 Å². The molecule has 104 valence electrons. The van der Waals surface area contributed by atoms with E-state index in [0.29, 0.717) is 23.5 Å². The van der Waals surface area contributed by atoms with Crippen LogP contribution in [-0.2, 0) is 12.8 Å². The Kier molecular flexibility index (Phi) is 3.33. The van der Waals surface area contributed by atoms with Gasteiger partial charge in [0.1, 0.15) is 11.6 Å². The van der Waals surface area contributed by atoms with Gasteiger partial charge in [-0.25, -0.2) is 8.78 Å². The van der Waals surface area contributed by atoms with Crippen molar-refractivity contribution in [3.05, 3.63) is 58.7 Å². The summed E-state index contributed by atoms with van der Waals surface area (Å²) in [5, 5.41) is 0. The summed E-state index contributed by atoms with van der Waals surface area (Å²) >= 11 is 0. The molecule has 20 heavy (non-hydrogen) atoms. The van der Waals surface area contributed by atoms with Gasteiger partial charge in [-0.05, 0) is 54.9 Å². The fraction of sp³-hybridized carbons (Fsp3) is 0.333. The summed E-state index contributed by atoms with van der Waals surface area (Å²) in [6, 6.07) is 8.87. The number of benzene rings is 2. The Balaban J connectivity index is 2.15. The summed E-state index contributed by atoms with van der Waals surface area (Å²) in [6.45, 7) is 4.09. The van der Waals surface area contributed by atoms with Crippen LogP contribution in [0.3, 0.4) is 0 Å². The molecule has 2 aromatic carbocycles. The lowest BCUT2D eigenvalue weighted by atomic mass is 9.83. The van der Waals surface area contributed by atoms with Gasteiger partial charge in [0.15, 0.2) is 0 Å². The van der Waals surface area contributed by atoms with Gasteiger partial charge < -0.3 is 0 Å². The fourth-order valence-electron chi connectivity index (χ4n) is 3.01. The highest BCUT2D eigenvalue weighted by molar-refractivity contribution is 5.67. The lowest BCUT2D eigenvalue weighted by Gasteiger charge is -2.23. The molecule has 0 aromatic heterocycles. The average Bonchev–Trinajstić information content (AvgIpc) is 2.40. The third-order valence-electron chi connectivity index (χ3n) is 4.21. The van der Waals surface area contributed by atoms with Gasteiger partial charge >= 0.3 is 0 Å². The van der Waals surface area contributed by atoms with Crippen molar-refractivity contribution in [1.29, 1.82) is 0 Å². The van der Waals surface area contributed by atoms with Crippen LogP contribution < -0.4 is 0 Å². The van der Waals surface area contributed by atoms with E-state index in [-0.39, 0.29) is 11.4 Å². The van der Waals surface area contributed by atoms with E-state index in [1.807, 2.05) is 19.1 Å². The Morgan fingerprint density at radius 1 is 1.10 bits per heavy atom. The van der Waals surface area contributed by atoms with E-state index in [0.717, 1.165) is 24.0 Å². The van der Waals surface area contributed by atoms with Crippen molar-refractivity contribution < 1.29 is 8.78 Å². The minimum Gasteiger partial charge on any atom is -0.206 e. The number of rotatable bonds is 1. The van der Waals surface area contributed by atoms with Gasteiger partial charge in [0, 0.05) is 0 Å². The second kappa shape index (κ2) is 5.01. The molecule has 0 aliphatic heterocycles. The van der Waals surface area contributed by atoms with Crippen LogP contribution in [0.2, 0.25) is 0 Å². The molecule has 0 amide bonds. The highest BCUT2D eigenvalue weighted by atomic mass is 19.1. The van der Waals surface area contributed by atoms with E-state index < -0.39 is 5.82 Å². The fourth-order valence-corrected chi connectivity index (χ4v) is 3.01. The molecule has 0 heterocycles. The lowest BCUT2D eigenvalue weighted by Crippen LogP contribution is -2.14. The first kappa shape index (κ1) is 13.3. The van der Waals surface area contributed by atoms with E-state index in [9.17, 15) is 8.78 Å². The molecule has 0 radical (unpaired) electrons. The summed E-state index contributed by atoms with van der Waals surface area (Å²) < 4.78 is 29.0. The Bertz CT molecular complexity index is 641. The van der Waals surface area contributed by atoms with Crippen LogP contribution in [0.15, 0.2) is 30.3 Å². The van der Waals surface area contributed by atoms with Gasteiger partial charge in [-0.3, -0.25) is 0 Å². The summed E-state index contributed by atoms with van der Waals surface area (Å²) in [6.07, 6.45) is 2.46. The van der Waals surface area contributed by atoms with E-state index >= 15 is 0 Å². The van der Waals surface area contributed by atoms with Crippen LogP contribution in [0.5, 0.6) is 0 Å². The van der Waals surface area contributed by atoms with Gasteiger partial charge in [0.25, 0.3) is 0 Å². The summed E-state index contributed by atoms with van der Waals surface area (Å²) in [4.78, 5) is 0. The number of halogens is 2. The molecule has 1 aliphatic rings. The normalized spacial score (nSPS) is 17.9. The molecule has 1 unspecified atom stereocenters. The maximum Gasteiger partial charge on any atom is 0.137 e. The first-order chi connectivity index (χ1) is 9.56. The summed E-state index contributed by atoms with van der Waals surface area (Å²) in [5.41, 5.74) is 3.38. The van der Waals surface area contributed by atoms with Crippen molar-refractivity contribution in [3.8, 4) is 11.1 Å². The first-order valence-corrected chi connectivity index (χ1v) is 7.13. The minimum atomic E-state index is -0.445. The standard InChI is InChI=1S/C18H18F2/c1-11-3-6-13(7-4-11)17-16(19)10-14-9-12(2)5-8-15(14)18(17)20/h3-4,6-7,10,12H,5,8-9H2,1-2H3. The van der Waals surface area contributed by atoms with Gasteiger partial charge in [0.2, 0.25) is 0 Å². The number of aryl methyl sites for hydroxylation is 1. The summed E-state index contributed by atoms with van der Waals surface area (Å²) in [7, 11) is 0. The van der Waals surface area contributed by atoms with Gasteiger partial charge in [-0.15, -0.1) is 0 Å². The monoisotopic (exact) mass is 272 g/mol. The molecule has 3 rings (SSSR count). The Hall–Kier alpha value is -1.70. The predicted molar refractivity (Wildman–Crippen MR) is 77.7 cm³/mol. The van der Waals surface area contributed by atoms with Crippen LogP contribution in [-0.4, -0.2) is 0 Å². The van der Waals surface area contributed by atoms with Gasteiger partial charge in [-0.2, -0.15) is 0 Å². The third-order valence-corrected chi connectivity index (χ3v) is 4.21. The van der Waals surface area contributed by atoms with Gasteiger partial charge in [-0.1, -0.05) is 36.8 Å². The number of hydrogen-bond acceptors (Lipinski definition) is 0. The van der Waals surface area contributed by atoms with Crippen molar-refractivity contribution in [3.63, 3.8) is 0 Å². The van der Waals surface area contributed by atoms with E-state index in [1.54, 1.807) is 12.1 Å². The van der Waals surface area contributed by atoms with Crippen molar-refractivity contribution >= 4 is 0 Å². The average molecular weight is 272 g/mol. The zero-order valence-corrected chi connectivity index (χ0v) is 11.8. The molecular formula is C18H18F2. The van der Waals surface area contributed by atoms with Crippen LogP contribution in [0.25, 0.3) is 11.1 Å². The Labute approximate surface area is 118 Å². The molecular weight excluding hydrogens is 254 g/mol. The zero-order valence-electron chi connectivity index (χ0n) is 11.8. The second-order valence-corrected chi connectivity index (χ2v) is 5.90. The molecule has 0 spiro atoms. The highest BCUT2D eigenvalue weighted by Crippen LogP contribution is 2.35. The first-order valence-electron chi connectivity index (χ1n) is 7.13. The smallest absolute Gasteiger partial charge is 0.137 e. The molecule has 2 heteroatoms. The molecule has 2 aromatic rings. The lowest BCUT2D eigenvalue weighted by molar-refractivity contribution is 0.476. The van der Waals surface area contributed by atoms with Crippen LogP contribution in [0.1, 0.15) is 30.0 Å². The SMILES string of the molecule is Cc1ccc(-c2c(F)cc3c(c2F)CCC(C)C3)cc1. The van der Waals surface area contributed by atoms with Crippen molar-refractivity contribution in [1.82, 2.24) is 0 Å². The minimum absolute atomic E-state index is 0.123. The quantitative estimate of drug-likeness (QED) is 0.680. The molecule has 0 fully saturated rings. The third kappa shape index (κ3) is 2.24. The Morgan fingerprint density at radius 2 is 1.80 bits per heavy atom. The van der Waals surface area contributed by atoms with E-state index in [1.165, 1.54) is 6.07 Å². The molecule has 0 bridgehead atoms. The van der Waals surface area contributed by atoms with E-state index in [4.69, 9.17) is 0 Å². The molecule has 1 aliphatic carbocycles. The van der Waals surface area contributed by atoms with Crippen LogP contribution in [0.4, 0.5) is 8.78 Å². The second-order valence-electron chi connectivity index (χ2n) is 5.90. The topological polar surface area (TPSA) is 0 Å². The number of fused-ring (bicyclic) bond motifs is 1. The molecule has 0 N–H and O–H groups in total. The maximum atomic E-state index is 14.7. The zero-order chi connectivity index (χ0) is 14.3. The summed E-state index contributed by atoms with van der Waals surface area (Å²) in [5.74, 6) is -0.304. The van der Waals surface area contributed by atoms with E-state index in [2.05, 4.69) is 6.92 Å². The maximum absolute atomic E-state index is 14.7. The molecule has 1 atom stereocenters. The molecule has 0 saturated heterocycles. The largest absolute Gasteiger partial charge is 0.206 e. The van der Waals surface area contributed by atoms with Crippen molar-refractivity contribution in [2.45, 2.75) is 33.1 Å². The van der Waals surface area contributed by atoms with Crippen molar-refractivity contribution in [2.24, 2.45) is 5.92 Å². The van der Waals surface area contributed by atoms with Crippen LogP contribution in [0, 0.1) is 24.5 Å². The molecule has 0 saturated carbocycles. The number of hydrogen-bond donors (Lipinski definition) is 0. The van der Waals surface area contributed by atoms with Gasteiger partial charge in [0.05, 0.1) is 5.56 Å². The highest BCUT2D eigenvalue weighted by Gasteiger charge is 2.24. The predicted octanol–water partition coefficient (Wildman–Crippen LogP) is 5.07. The molecule has 0 nitrogen and oxygen atoms in total.